The number of ether oxygens (including phenoxy) is 1. The first kappa shape index (κ1) is 47.6. The number of nitrogens with one attached hydrogen (secondary N) is 6. The van der Waals surface area contributed by atoms with E-state index in [0.29, 0.717) is 18.4 Å². The fourth-order valence-electron chi connectivity index (χ4n) is 5.50. The molecule has 0 saturated carbocycles. The zero-order chi connectivity index (χ0) is 40.9. The SMILES string of the molecule is CCCCCC(=O)N[C@H](C(=O)N[C@@H](CCCNC(N)=O)C(=O)N[C@@H](Cc1ccc(O)cc1)C(=O)NCC(C)(C)COCC(C)(C)NC(=O)CCC)C(C)C. The molecule has 0 heterocycles. The smallest absolute Gasteiger partial charge is 0.312 e. The molecule has 0 aliphatic rings. The number of rotatable bonds is 26. The number of hydrogen-bond donors (Lipinski definition) is 8. The van der Waals surface area contributed by atoms with Crippen LogP contribution < -0.4 is 37.6 Å². The average Bonchev–Trinajstić information content (AvgIpc) is 3.07. The van der Waals surface area contributed by atoms with E-state index in [9.17, 15) is 33.9 Å². The number of unbranched alkanes of at least 4 members (excludes halogenated alkanes) is 2. The number of hydrogen-bond acceptors (Lipinski definition) is 8. The standard InChI is InChI=1S/C39H67N7O8/c1-9-11-12-16-31(48)45-33(26(3)4)36(52)43-29(15-13-21-41-37(40)53)35(51)44-30(22-27-17-19-28(47)20-18-27)34(50)42-23-38(5,6)24-54-25-39(7,8)46-32(49)14-10-2/h17-20,26,29-30,33,47H,9-16,21-25H2,1-8H3,(H,42,50)(H,43,52)(H,44,51)(H,45,48)(H,46,49)(H3,40,41,53)/t29-,30-,33-/m0/s1. The fourth-order valence-corrected chi connectivity index (χ4v) is 5.50. The second kappa shape index (κ2) is 24.1. The molecule has 54 heavy (non-hydrogen) atoms. The summed E-state index contributed by atoms with van der Waals surface area (Å²) in [6.45, 7) is 16.0. The Kier molecular flexibility index (Phi) is 21.2. The van der Waals surface area contributed by atoms with Gasteiger partial charge in [-0.1, -0.05) is 66.5 Å². The van der Waals surface area contributed by atoms with Crippen LogP contribution in [0.2, 0.25) is 0 Å². The van der Waals surface area contributed by atoms with Crippen molar-refractivity contribution in [3.8, 4) is 5.75 Å². The molecule has 15 nitrogen and oxygen atoms in total. The number of urea groups is 1. The minimum absolute atomic E-state index is 0.0446. The topological polar surface area (TPSA) is 230 Å². The van der Waals surface area contributed by atoms with Crippen molar-refractivity contribution < 1.29 is 38.6 Å². The zero-order valence-corrected chi connectivity index (χ0v) is 33.7. The predicted molar refractivity (Wildman–Crippen MR) is 208 cm³/mol. The Morgan fingerprint density at radius 3 is 2.00 bits per heavy atom. The van der Waals surface area contributed by atoms with Gasteiger partial charge in [0.15, 0.2) is 0 Å². The van der Waals surface area contributed by atoms with Gasteiger partial charge in [-0.05, 0) is 63.1 Å². The Bertz CT molecular complexity index is 1350. The van der Waals surface area contributed by atoms with Crippen LogP contribution in [-0.2, 0) is 35.1 Å². The van der Waals surface area contributed by atoms with Crippen LogP contribution in [0.4, 0.5) is 4.79 Å². The molecular weight excluding hydrogens is 694 g/mol. The molecule has 1 aromatic carbocycles. The Morgan fingerprint density at radius 1 is 0.759 bits per heavy atom. The Hall–Kier alpha value is -4.40. The molecule has 0 spiro atoms. The molecular formula is C39H67N7O8. The van der Waals surface area contributed by atoms with E-state index >= 15 is 0 Å². The third kappa shape index (κ3) is 20.2. The molecule has 15 heteroatoms. The van der Waals surface area contributed by atoms with Crippen molar-refractivity contribution in [2.45, 2.75) is 137 Å². The highest BCUT2D eigenvalue weighted by molar-refractivity contribution is 5.94. The first-order valence-corrected chi connectivity index (χ1v) is 19.2. The van der Waals surface area contributed by atoms with Gasteiger partial charge in [0.1, 0.15) is 23.9 Å². The summed E-state index contributed by atoms with van der Waals surface area (Å²) in [7, 11) is 0. The van der Waals surface area contributed by atoms with Crippen LogP contribution in [0.15, 0.2) is 24.3 Å². The van der Waals surface area contributed by atoms with Crippen LogP contribution in [0, 0.1) is 11.3 Å². The van der Waals surface area contributed by atoms with Crippen LogP contribution in [0.5, 0.6) is 5.75 Å². The molecule has 0 bridgehead atoms. The minimum Gasteiger partial charge on any atom is -0.508 e. The molecule has 3 atom stereocenters. The molecule has 0 aliphatic heterocycles. The lowest BCUT2D eigenvalue weighted by atomic mass is 9.94. The van der Waals surface area contributed by atoms with Gasteiger partial charge in [0.05, 0.1) is 18.8 Å². The van der Waals surface area contributed by atoms with Gasteiger partial charge in [0.25, 0.3) is 0 Å². The average molecular weight is 762 g/mol. The van der Waals surface area contributed by atoms with Gasteiger partial charge in [-0.15, -0.1) is 0 Å². The van der Waals surface area contributed by atoms with Gasteiger partial charge in [-0.2, -0.15) is 0 Å². The summed E-state index contributed by atoms with van der Waals surface area (Å²) in [6, 6.07) is 2.42. The highest BCUT2D eigenvalue weighted by Crippen LogP contribution is 2.17. The van der Waals surface area contributed by atoms with Crippen molar-refractivity contribution in [2.24, 2.45) is 17.1 Å². The predicted octanol–water partition coefficient (Wildman–Crippen LogP) is 2.93. The molecule has 0 fully saturated rings. The number of phenols is 1. The van der Waals surface area contributed by atoms with E-state index in [1.165, 1.54) is 12.1 Å². The van der Waals surface area contributed by atoms with E-state index in [1.54, 1.807) is 26.0 Å². The maximum atomic E-state index is 13.9. The van der Waals surface area contributed by atoms with Gasteiger partial charge in [-0.3, -0.25) is 24.0 Å². The number of primary amides is 1. The lowest BCUT2D eigenvalue weighted by Crippen LogP contribution is -2.58. The fraction of sp³-hybridized carbons (Fsp3) is 0.692. The molecule has 0 aromatic heterocycles. The van der Waals surface area contributed by atoms with Gasteiger partial charge in [-0.25, -0.2) is 4.79 Å². The van der Waals surface area contributed by atoms with E-state index in [4.69, 9.17) is 10.5 Å². The summed E-state index contributed by atoms with van der Waals surface area (Å²) in [5.41, 5.74) is 4.77. The Labute approximate surface area is 321 Å². The summed E-state index contributed by atoms with van der Waals surface area (Å²) in [5, 5.41) is 26.5. The molecule has 0 unspecified atom stereocenters. The maximum Gasteiger partial charge on any atom is 0.312 e. The first-order valence-electron chi connectivity index (χ1n) is 19.2. The number of phenolic OH excluding ortho intramolecular Hbond substituents is 1. The van der Waals surface area contributed by atoms with E-state index in [1.807, 2.05) is 41.5 Å². The molecule has 1 aromatic rings. The number of benzene rings is 1. The summed E-state index contributed by atoms with van der Waals surface area (Å²) < 4.78 is 5.96. The first-order chi connectivity index (χ1) is 25.3. The normalized spacial score (nSPS) is 13.3. The second-order valence-electron chi connectivity index (χ2n) is 15.7. The molecule has 1 rings (SSSR count). The highest BCUT2D eigenvalue weighted by atomic mass is 16.5. The van der Waals surface area contributed by atoms with Gasteiger partial charge >= 0.3 is 6.03 Å². The van der Waals surface area contributed by atoms with Crippen LogP contribution in [0.3, 0.4) is 0 Å². The van der Waals surface area contributed by atoms with Gasteiger partial charge in [0, 0.05) is 37.8 Å². The van der Waals surface area contributed by atoms with E-state index < -0.39 is 52.8 Å². The molecule has 306 valence electrons. The number of carbonyl (C=O) groups is 6. The lowest BCUT2D eigenvalue weighted by Gasteiger charge is -2.31. The van der Waals surface area contributed by atoms with Crippen molar-refractivity contribution in [1.82, 2.24) is 31.9 Å². The van der Waals surface area contributed by atoms with Crippen molar-refractivity contribution in [1.29, 1.82) is 0 Å². The Morgan fingerprint density at radius 2 is 1.41 bits per heavy atom. The van der Waals surface area contributed by atoms with E-state index in [0.717, 1.165) is 19.3 Å². The number of amides is 7. The Balaban J connectivity index is 3.16. The monoisotopic (exact) mass is 762 g/mol. The van der Waals surface area contributed by atoms with Gasteiger partial charge < -0.3 is 47.5 Å². The molecule has 0 saturated heterocycles. The quantitative estimate of drug-likeness (QED) is 0.0653. The summed E-state index contributed by atoms with van der Waals surface area (Å²) in [6.07, 6.45) is 4.42. The zero-order valence-electron chi connectivity index (χ0n) is 33.7. The van der Waals surface area contributed by atoms with Crippen LogP contribution in [0.25, 0.3) is 0 Å². The number of carbonyl (C=O) groups excluding carboxylic acids is 6. The molecule has 7 amide bonds. The summed E-state index contributed by atoms with van der Waals surface area (Å²) in [5.74, 6) is -2.20. The third-order valence-electron chi connectivity index (χ3n) is 8.54. The van der Waals surface area contributed by atoms with Crippen molar-refractivity contribution in [2.75, 3.05) is 26.3 Å². The van der Waals surface area contributed by atoms with E-state index in [-0.39, 0.29) is 75.5 Å². The maximum absolute atomic E-state index is 13.9. The third-order valence-corrected chi connectivity index (χ3v) is 8.54. The van der Waals surface area contributed by atoms with Crippen LogP contribution in [0.1, 0.15) is 112 Å². The second-order valence-corrected chi connectivity index (χ2v) is 15.7. The van der Waals surface area contributed by atoms with Crippen molar-refractivity contribution in [3.63, 3.8) is 0 Å². The minimum atomic E-state index is -1.12. The van der Waals surface area contributed by atoms with Crippen molar-refractivity contribution >= 4 is 35.6 Å². The largest absolute Gasteiger partial charge is 0.508 e. The van der Waals surface area contributed by atoms with Crippen molar-refractivity contribution in [3.05, 3.63) is 29.8 Å². The van der Waals surface area contributed by atoms with Gasteiger partial charge in [0.2, 0.25) is 29.5 Å². The number of aromatic hydroxyl groups is 1. The lowest BCUT2D eigenvalue weighted by molar-refractivity contribution is -0.134. The summed E-state index contributed by atoms with van der Waals surface area (Å²) >= 11 is 0. The summed E-state index contributed by atoms with van der Waals surface area (Å²) in [4.78, 5) is 77.2. The highest BCUT2D eigenvalue weighted by Gasteiger charge is 2.32. The number of nitrogens with two attached hydrogens (primary N) is 1. The van der Waals surface area contributed by atoms with E-state index in [2.05, 4.69) is 31.9 Å². The van der Waals surface area contributed by atoms with Crippen LogP contribution >= 0.6 is 0 Å². The van der Waals surface area contributed by atoms with Crippen LogP contribution in [-0.4, -0.2) is 90.6 Å². The molecule has 0 radical (unpaired) electrons. The molecule has 0 aliphatic carbocycles. The molecule has 9 N–H and O–H groups in total.